The number of rotatable bonds is 8. The summed E-state index contributed by atoms with van der Waals surface area (Å²) in [6.07, 6.45) is 0.784. The number of hydrogen-bond acceptors (Lipinski definition) is 4. The zero-order valence-electron chi connectivity index (χ0n) is 17.3. The molecule has 1 heterocycles. The van der Waals surface area contributed by atoms with Crippen LogP contribution in [0.3, 0.4) is 0 Å². The van der Waals surface area contributed by atoms with Crippen LogP contribution in [-0.2, 0) is 19.6 Å². The van der Waals surface area contributed by atoms with Crippen molar-refractivity contribution in [1.29, 1.82) is 0 Å². The molecule has 0 aliphatic rings. The average Bonchev–Trinajstić information content (AvgIpc) is 3.13. The average molecular weight is 457 g/mol. The van der Waals surface area contributed by atoms with Crippen LogP contribution in [0.15, 0.2) is 60.7 Å². The molecule has 0 fully saturated rings. The molecule has 0 spiro atoms. The Morgan fingerprint density at radius 1 is 0.839 bits per heavy atom. The van der Waals surface area contributed by atoms with Crippen LogP contribution in [0.2, 0.25) is 10.0 Å². The van der Waals surface area contributed by atoms with Crippen LogP contribution >= 0.6 is 23.2 Å². The van der Waals surface area contributed by atoms with Gasteiger partial charge in [-0.2, -0.15) is 0 Å². The Balaban J connectivity index is 1.59. The maximum atomic E-state index is 6.26. The van der Waals surface area contributed by atoms with E-state index in [1.165, 1.54) is 0 Å². The molecule has 160 valence electrons. The summed E-state index contributed by atoms with van der Waals surface area (Å²) in [5, 5.41) is 1.34. The highest BCUT2D eigenvalue weighted by molar-refractivity contribution is 6.31. The lowest BCUT2D eigenvalue weighted by Crippen LogP contribution is -2.09. The number of fused-ring (bicyclic) bond motifs is 1. The van der Waals surface area contributed by atoms with Gasteiger partial charge >= 0.3 is 0 Å². The summed E-state index contributed by atoms with van der Waals surface area (Å²) in [6.45, 7) is 1.05. The highest BCUT2D eigenvalue weighted by Gasteiger charge is 2.13. The second-order valence-corrected chi connectivity index (χ2v) is 7.87. The fourth-order valence-electron chi connectivity index (χ4n) is 3.46. The molecule has 0 bridgehead atoms. The molecule has 0 N–H and O–H groups in total. The number of aromatic nitrogens is 2. The van der Waals surface area contributed by atoms with Gasteiger partial charge in [0.1, 0.15) is 18.2 Å². The normalized spacial score (nSPS) is 11.0. The third kappa shape index (κ3) is 4.89. The molecule has 0 unspecified atom stereocenters. The van der Waals surface area contributed by atoms with Crippen LogP contribution in [0, 0.1) is 0 Å². The van der Waals surface area contributed by atoms with Crippen LogP contribution in [0.25, 0.3) is 11.0 Å². The van der Waals surface area contributed by atoms with Gasteiger partial charge in [0.15, 0.2) is 11.5 Å². The standard InChI is InChI=1S/C24H22Cl2N2O3/c1-29-22-10-3-16(13-23(22)30-2)11-12-28-21-14-18(26)6-9-20(21)27-24(28)15-31-19-7-4-17(25)5-8-19/h3-10,13-14H,11-12,15H2,1-2H3. The Morgan fingerprint density at radius 2 is 1.58 bits per heavy atom. The van der Waals surface area contributed by atoms with E-state index in [2.05, 4.69) is 4.57 Å². The summed E-state index contributed by atoms with van der Waals surface area (Å²) < 4.78 is 18.9. The van der Waals surface area contributed by atoms with Gasteiger partial charge in [-0.3, -0.25) is 0 Å². The van der Waals surface area contributed by atoms with Crippen molar-refractivity contribution >= 4 is 34.2 Å². The van der Waals surface area contributed by atoms with E-state index in [1.54, 1.807) is 26.4 Å². The van der Waals surface area contributed by atoms with Gasteiger partial charge < -0.3 is 18.8 Å². The number of halogens is 2. The van der Waals surface area contributed by atoms with E-state index in [1.807, 2.05) is 48.5 Å². The second kappa shape index (κ2) is 9.50. The number of aryl methyl sites for hydroxylation is 2. The first kappa shape index (κ1) is 21.3. The summed E-state index contributed by atoms with van der Waals surface area (Å²) in [7, 11) is 3.27. The second-order valence-electron chi connectivity index (χ2n) is 6.99. The summed E-state index contributed by atoms with van der Waals surface area (Å²) in [4.78, 5) is 4.77. The molecule has 0 saturated carbocycles. The maximum absolute atomic E-state index is 6.26. The Kier molecular flexibility index (Phi) is 6.54. The Morgan fingerprint density at radius 3 is 2.32 bits per heavy atom. The van der Waals surface area contributed by atoms with Gasteiger partial charge in [-0.25, -0.2) is 4.98 Å². The smallest absolute Gasteiger partial charge is 0.160 e. The summed E-state index contributed by atoms with van der Waals surface area (Å²) >= 11 is 12.2. The van der Waals surface area contributed by atoms with E-state index in [9.17, 15) is 0 Å². The molecule has 0 aliphatic heterocycles. The molecular formula is C24H22Cl2N2O3. The maximum Gasteiger partial charge on any atom is 0.160 e. The van der Waals surface area contributed by atoms with E-state index in [4.69, 9.17) is 42.4 Å². The quantitative estimate of drug-likeness (QED) is 0.317. The first-order valence-electron chi connectivity index (χ1n) is 9.81. The molecule has 0 amide bonds. The largest absolute Gasteiger partial charge is 0.493 e. The van der Waals surface area contributed by atoms with Crippen molar-refractivity contribution in [2.24, 2.45) is 0 Å². The molecule has 5 nitrogen and oxygen atoms in total. The first-order valence-corrected chi connectivity index (χ1v) is 10.6. The van der Waals surface area contributed by atoms with E-state index in [-0.39, 0.29) is 0 Å². The molecule has 0 atom stereocenters. The monoisotopic (exact) mass is 456 g/mol. The van der Waals surface area contributed by atoms with Gasteiger partial charge in [-0.1, -0.05) is 29.3 Å². The lowest BCUT2D eigenvalue weighted by molar-refractivity contribution is 0.290. The van der Waals surface area contributed by atoms with Crippen molar-refractivity contribution in [3.63, 3.8) is 0 Å². The van der Waals surface area contributed by atoms with Crippen LogP contribution in [0.4, 0.5) is 0 Å². The van der Waals surface area contributed by atoms with E-state index in [0.717, 1.165) is 34.6 Å². The van der Waals surface area contributed by atoms with Crippen molar-refractivity contribution in [2.45, 2.75) is 19.6 Å². The van der Waals surface area contributed by atoms with E-state index < -0.39 is 0 Å². The molecule has 4 rings (SSSR count). The molecule has 0 saturated heterocycles. The third-order valence-electron chi connectivity index (χ3n) is 5.04. The van der Waals surface area contributed by atoms with Crippen LogP contribution < -0.4 is 14.2 Å². The fourth-order valence-corrected chi connectivity index (χ4v) is 3.75. The first-order chi connectivity index (χ1) is 15.1. The van der Waals surface area contributed by atoms with Crippen molar-refractivity contribution < 1.29 is 14.2 Å². The Hall–Kier alpha value is -2.89. The Labute approximate surface area is 191 Å². The van der Waals surface area contributed by atoms with Gasteiger partial charge in [-0.15, -0.1) is 0 Å². The predicted molar refractivity (Wildman–Crippen MR) is 124 cm³/mol. The molecule has 31 heavy (non-hydrogen) atoms. The molecule has 1 aromatic heterocycles. The van der Waals surface area contributed by atoms with Gasteiger partial charge in [0, 0.05) is 16.6 Å². The van der Waals surface area contributed by atoms with Gasteiger partial charge in [0.05, 0.1) is 25.3 Å². The highest BCUT2D eigenvalue weighted by atomic mass is 35.5. The molecule has 0 aliphatic carbocycles. The number of hydrogen-bond donors (Lipinski definition) is 0. The van der Waals surface area contributed by atoms with Gasteiger partial charge in [0.2, 0.25) is 0 Å². The summed E-state index contributed by atoms with van der Waals surface area (Å²) in [6, 6.07) is 19.0. The van der Waals surface area contributed by atoms with Crippen molar-refractivity contribution in [3.8, 4) is 17.2 Å². The zero-order valence-corrected chi connectivity index (χ0v) is 18.8. The number of methoxy groups -OCH3 is 2. The molecule has 3 aromatic carbocycles. The predicted octanol–water partition coefficient (Wildman–Crippen LogP) is 6.18. The highest BCUT2D eigenvalue weighted by Crippen LogP contribution is 2.28. The zero-order chi connectivity index (χ0) is 21.8. The lowest BCUT2D eigenvalue weighted by atomic mass is 10.1. The lowest BCUT2D eigenvalue weighted by Gasteiger charge is -2.12. The fraction of sp³-hybridized carbons (Fsp3) is 0.208. The minimum atomic E-state index is 0.333. The minimum Gasteiger partial charge on any atom is -0.493 e. The topological polar surface area (TPSA) is 45.5 Å². The van der Waals surface area contributed by atoms with E-state index >= 15 is 0 Å². The van der Waals surface area contributed by atoms with Crippen molar-refractivity contribution in [3.05, 3.63) is 82.1 Å². The minimum absolute atomic E-state index is 0.333. The number of imidazole rings is 1. The van der Waals surface area contributed by atoms with Crippen LogP contribution in [-0.4, -0.2) is 23.8 Å². The number of benzene rings is 3. The molecule has 4 aromatic rings. The number of nitrogens with zero attached hydrogens (tertiary/aromatic N) is 2. The van der Waals surface area contributed by atoms with Crippen LogP contribution in [0.5, 0.6) is 17.2 Å². The summed E-state index contributed by atoms with van der Waals surface area (Å²) in [5.74, 6) is 2.99. The molecule has 7 heteroatoms. The molecule has 0 radical (unpaired) electrons. The summed E-state index contributed by atoms with van der Waals surface area (Å²) in [5.41, 5.74) is 2.99. The van der Waals surface area contributed by atoms with Crippen LogP contribution in [0.1, 0.15) is 11.4 Å². The van der Waals surface area contributed by atoms with Gasteiger partial charge in [0.25, 0.3) is 0 Å². The van der Waals surface area contributed by atoms with E-state index in [0.29, 0.717) is 34.7 Å². The van der Waals surface area contributed by atoms with Crippen molar-refractivity contribution in [1.82, 2.24) is 9.55 Å². The number of ether oxygens (including phenoxy) is 3. The third-order valence-corrected chi connectivity index (χ3v) is 5.53. The Bertz CT molecular complexity index is 1190. The van der Waals surface area contributed by atoms with Crippen molar-refractivity contribution in [2.75, 3.05) is 14.2 Å². The SMILES string of the molecule is COc1ccc(CCn2c(COc3ccc(Cl)cc3)nc3ccc(Cl)cc32)cc1OC. The van der Waals surface area contributed by atoms with Gasteiger partial charge in [-0.05, 0) is 66.6 Å². The molecular weight excluding hydrogens is 435 g/mol.